The van der Waals surface area contributed by atoms with E-state index < -0.39 is 26.5 Å². The first-order valence-corrected chi connectivity index (χ1v) is 39.7. The molecule has 530 valence electrons. The van der Waals surface area contributed by atoms with Gasteiger partial charge in [0.25, 0.3) is 7.82 Å². The topological polar surface area (TPSA) is 111 Å². The van der Waals surface area contributed by atoms with Crippen molar-refractivity contribution in [3.05, 3.63) is 122 Å². The van der Waals surface area contributed by atoms with Gasteiger partial charge in [-0.05, 0) is 103 Å². The number of likely N-dealkylation sites (N-methyl/N-ethyl adjacent to an activating group) is 1. The van der Waals surface area contributed by atoms with E-state index in [1.165, 1.54) is 199 Å². The summed E-state index contributed by atoms with van der Waals surface area (Å²) < 4.78 is 34.4. The molecule has 10 heteroatoms. The molecule has 0 aromatic rings. The third-order valence-electron chi connectivity index (χ3n) is 16.5. The van der Waals surface area contributed by atoms with Gasteiger partial charge in [-0.2, -0.15) is 0 Å². The van der Waals surface area contributed by atoms with E-state index in [-0.39, 0.29) is 32.0 Å². The van der Waals surface area contributed by atoms with Crippen molar-refractivity contribution in [2.24, 2.45) is 0 Å². The van der Waals surface area contributed by atoms with Gasteiger partial charge in [-0.3, -0.25) is 14.2 Å². The minimum atomic E-state index is -4.65. The monoisotopic (exact) mass is 1300 g/mol. The molecular weight excluding hydrogens is 1160 g/mol. The molecule has 2 unspecified atom stereocenters. The molecule has 92 heavy (non-hydrogen) atoms. The molecule has 0 amide bonds. The second kappa shape index (κ2) is 71.7. The SMILES string of the molecule is CC/C=C\C/C=C\C/C=C\C/C=C\C/C=C\CCCCCCCCCCCCCCCCCCCCCC(=O)OC(COC(=O)CCCCCCCCCCCCCCCCCCC/C=C\C/C=C\C/C=C\C/C=C\C/C=C\CC)COP(=O)([O-])OCC[N+](C)(C)C. The van der Waals surface area contributed by atoms with Crippen molar-refractivity contribution in [2.45, 2.75) is 341 Å². The number of nitrogens with zero attached hydrogens (tertiary/aromatic N) is 1. The van der Waals surface area contributed by atoms with Gasteiger partial charge in [-0.1, -0.05) is 341 Å². The summed E-state index contributed by atoms with van der Waals surface area (Å²) in [5.41, 5.74) is 0. The molecule has 0 radical (unpaired) electrons. The van der Waals surface area contributed by atoms with Gasteiger partial charge in [-0.15, -0.1) is 0 Å². The summed E-state index contributed by atoms with van der Waals surface area (Å²) >= 11 is 0. The molecule has 0 fully saturated rings. The van der Waals surface area contributed by atoms with Crippen molar-refractivity contribution in [1.82, 2.24) is 0 Å². The first kappa shape index (κ1) is 88.4. The lowest BCUT2D eigenvalue weighted by Crippen LogP contribution is -2.37. The van der Waals surface area contributed by atoms with Gasteiger partial charge in [0.1, 0.15) is 19.8 Å². The largest absolute Gasteiger partial charge is 0.756 e. The Morgan fingerprint density at radius 1 is 0.337 bits per heavy atom. The van der Waals surface area contributed by atoms with Crippen LogP contribution in [0, 0.1) is 0 Å². The van der Waals surface area contributed by atoms with Gasteiger partial charge in [0, 0.05) is 12.8 Å². The molecule has 0 aromatic carbocycles. The summed E-state index contributed by atoms with van der Waals surface area (Å²) in [5, 5.41) is 0. The Hall–Kier alpha value is -3.59. The van der Waals surface area contributed by atoms with Crippen LogP contribution in [0.15, 0.2) is 122 Å². The lowest BCUT2D eigenvalue weighted by molar-refractivity contribution is -0.870. The minimum Gasteiger partial charge on any atom is -0.756 e. The van der Waals surface area contributed by atoms with Crippen LogP contribution in [0.3, 0.4) is 0 Å². The maximum Gasteiger partial charge on any atom is 0.306 e. The lowest BCUT2D eigenvalue weighted by atomic mass is 10.0. The molecule has 0 saturated heterocycles. The van der Waals surface area contributed by atoms with Gasteiger partial charge >= 0.3 is 11.9 Å². The third-order valence-corrected chi connectivity index (χ3v) is 17.4. The average molecular weight is 1300 g/mol. The predicted molar refractivity (Wildman–Crippen MR) is 397 cm³/mol. The number of unbranched alkanes of at least 4 members (excludes halogenated alkanes) is 36. The molecule has 0 spiro atoms. The lowest BCUT2D eigenvalue weighted by Gasteiger charge is -2.28. The fraction of sp³-hybridized carbons (Fsp3) is 0.732. The molecule has 0 heterocycles. The van der Waals surface area contributed by atoms with Gasteiger partial charge < -0.3 is 27.9 Å². The van der Waals surface area contributed by atoms with Crippen molar-refractivity contribution in [3.8, 4) is 0 Å². The summed E-state index contributed by atoms with van der Waals surface area (Å²) in [6.07, 6.45) is 103. The first-order chi connectivity index (χ1) is 45.0. The van der Waals surface area contributed by atoms with E-state index in [1.807, 2.05) is 21.1 Å². The Morgan fingerprint density at radius 3 is 0.870 bits per heavy atom. The standard InChI is InChI=1S/C82H144NO8P/c1-6-8-10-12-14-16-18-20-22-24-26-28-30-32-34-36-38-40-41-43-45-47-49-51-53-55-57-59-61-63-65-67-69-71-73-75-82(85)91-80(79-90-92(86,87)89-77-76-83(3,4)5)78-88-81(84)74-72-70-68-66-64-62-60-58-56-54-52-50-48-46-44-42-39-37-35-33-31-29-27-25-23-21-19-17-15-13-11-9-7-2/h8-11,14-17,20-23,26-29,32-35,80H,6-7,12-13,18-19,24-25,30-31,36-79H2,1-5H3/b10-8-,11-9-,16-14-,17-15-,22-20-,23-21-,28-26-,29-27-,34-32-,35-33-. The second-order valence-electron chi connectivity index (χ2n) is 26.6. The molecule has 0 bridgehead atoms. The van der Waals surface area contributed by atoms with E-state index in [9.17, 15) is 19.0 Å². The zero-order chi connectivity index (χ0) is 66.9. The van der Waals surface area contributed by atoms with Crippen LogP contribution >= 0.6 is 7.82 Å². The summed E-state index contributed by atoms with van der Waals surface area (Å²) in [4.78, 5) is 38.2. The third kappa shape index (κ3) is 75.4. The number of hydrogen-bond acceptors (Lipinski definition) is 8. The number of carbonyl (C=O) groups is 2. The number of quaternary nitrogens is 1. The number of phosphoric acid groups is 1. The van der Waals surface area contributed by atoms with Gasteiger partial charge in [0.05, 0.1) is 27.7 Å². The number of esters is 2. The molecule has 0 rings (SSSR count). The fourth-order valence-electron chi connectivity index (χ4n) is 10.7. The van der Waals surface area contributed by atoms with Crippen LogP contribution in [0.4, 0.5) is 0 Å². The van der Waals surface area contributed by atoms with Crippen LogP contribution in [-0.4, -0.2) is 70.0 Å². The summed E-state index contributed by atoms with van der Waals surface area (Å²) in [7, 11) is 1.17. The van der Waals surface area contributed by atoms with Crippen LogP contribution in [0.2, 0.25) is 0 Å². The van der Waals surface area contributed by atoms with E-state index in [0.717, 1.165) is 103 Å². The smallest absolute Gasteiger partial charge is 0.306 e. The zero-order valence-electron chi connectivity index (χ0n) is 60.5. The van der Waals surface area contributed by atoms with E-state index in [2.05, 4.69) is 135 Å². The maximum atomic E-state index is 12.9. The molecule has 0 aliphatic carbocycles. The molecule has 0 aliphatic heterocycles. The van der Waals surface area contributed by atoms with E-state index in [1.54, 1.807) is 0 Å². The van der Waals surface area contributed by atoms with Crippen molar-refractivity contribution >= 4 is 19.8 Å². The molecular formula is C82H144NO8P. The average Bonchev–Trinajstić information content (AvgIpc) is 2.14. The van der Waals surface area contributed by atoms with Crippen LogP contribution in [0.5, 0.6) is 0 Å². The Bertz CT molecular complexity index is 1970. The summed E-state index contributed by atoms with van der Waals surface area (Å²) in [6, 6.07) is 0. The molecule has 0 saturated carbocycles. The molecule has 0 N–H and O–H groups in total. The van der Waals surface area contributed by atoms with Crippen LogP contribution in [-0.2, 0) is 32.7 Å². The zero-order valence-corrected chi connectivity index (χ0v) is 61.4. The van der Waals surface area contributed by atoms with Gasteiger partial charge in [-0.25, -0.2) is 0 Å². The Morgan fingerprint density at radius 2 is 0.587 bits per heavy atom. The fourth-order valence-corrected chi connectivity index (χ4v) is 11.4. The number of allylic oxidation sites excluding steroid dienone is 20. The highest BCUT2D eigenvalue weighted by Gasteiger charge is 2.22. The molecule has 0 aliphatic rings. The normalized spacial score (nSPS) is 13.8. The van der Waals surface area contributed by atoms with Gasteiger partial charge in [0.15, 0.2) is 6.10 Å². The van der Waals surface area contributed by atoms with Gasteiger partial charge in [0.2, 0.25) is 0 Å². The minimum absolute atomic E-state index is 0.0327. The molecule has 2 atom stereocenters. The highest BCUT2D eigenvalue weighted by atomic mass is 31.2. The van der Waals surface area contributed by atoms with E-state index in [4.69, 9.17) is 18.5 Å². The second-order valence-corrected chi connectivity index (χ2v) is 28.0. The predicted octanol–water partition coefficient (Wildman–Crippen LogP) is 24.8. The van der Waals surface area contributed by atoms with Crippen LogP contribution < -0.4 is 4.89 Å². The van der Waals surface area contributed by atoms with Crippen molar-refractivity contribution < 1.29 is 42.1 Å². The Labute approximate surface area is 568 Å². The van der Waals surface area contributed by atoms with E-state index in [0.29, 0.717) is 17.4 Å². The summed E-state index contributed by atoms with van der Waals surface area (Å²) in [6.45, 7) is 4.05. The number of carbonyl (C=O) groups excluding carboxylic acids is 2. The number of hydrogen-bond donors (Lipinski definition) is 0. The molecule has 0 aromatic heterocycles. The van der Waals surface area contributed by atoms with Crippen molar-refractivity contribution in [1.29, 1.82) is 0 Å². The summed E-state index contributed by atoms with van der Waals surface area (Å²) in [5.74, 6) is -0.822. The van der Waals surface area contributed by atoms with Crippen LogP contribution in [0.25, 0.3) is 0 Å². The number of phosphoric ester groups is 1. The highest BCUT2D eigenvalue weighted by molar-refractivity contribution is 7.45. The van der Waals surface area contributed by atoms with Crippen molar-refractivity contribution in [2.75, 3.05) is 47.5 Å². The first-order valence-electron chi connectivity index (χ1n) is 38.2. The molecule has 9 nitrogen and oxygen atoms in total. The van der Waals surface area contributed by atoms with E-state index >= 15 is 0 Å². The Kier molecular flexibility index (Phi) is 68.9. The van der Waals surface area contributed by atoms with Crippen molar-refractivity contribution in [3.63, 3.8) is 0 Å². The highest BCUT2D eigenvalue weighted by Crippen LogP contribution is 2.38. The maximum absolute atomic E-state index is 12.9. The van der Waals surface area contributed by atoms with Crippen LogP contribution in [0.1, 0.15) is 335 Å². The Balaban J connectivity index is 3.98. The number of rotatable bonds is 70. The quantitative estimate of drug-likeness (QED) is 0.0195. The number of ether oxygens (including phenoxy) is 2.